The maximum atomic E-state index is 12.4. The number of hydrogen-bond acceptors (Lipinski definition) is 7. The first-order chi connectivity index (χ1) is 22.1. The zero-order valence-corrected chi connectivity index (χ0v) is 25.1. The van der Waals surface area contributed by atoms with Crippen molar-refractivity contribution in [2.45, 2.75) is 6.92 Å². The minimum atomic E-state index is -0.353. The van der Waals surface area contributed by atoms with Crippen LogP contribution in [0.4, 0.5) is 17.1 Å². The monoisotopic (exact) mass is 594 g/mol. The van der Waals surface area contributed by atoms with Gasteiger partial charge in [0.05, 0.1) is 54.7 Å². The molecule has 7 rings (SSSR count). The van der Waals surface area contributed by atoms with Crippen molar-refractivity contribution in [3.05, 3.63) is 121 Å². The zero-order chi connectivity index (χ0) is 30.9. The molecule has 5 aromatic carbocycles. The van der Waals surface area contributed by atoms with Crippen LogP contribution < -0.4 is 19.1 Å². The number of fused-ring (bicyclic) bond motifs is 3. The summed E-state index contributed by atoms with van der Waals surface area (Å²) in [6.45, 7) is 2.11. The average Bonchev–Trinajstić information content (AvgIpc) is 3.09. The molecule has 1 aromatic heterocycles. The molecule has 0 fully saturated rings. The second-order valence-electron chi connectivity index (χ2n) is 10.5. The van der Waals surface area contributed by atoms with E-state index in [1.807, 2.05) is 66.7 Å². The van der Waals surface area contributed by atoms with Crippen molar-refractivity contribution in [1.82, 2.24) is 4.98 Å². The molecular formula is C38H30N2O5. The third kappa shape index (κ3) is 4.98. The molecule has 0 amide bonds. The number of methoxy groups -OCH3 is 2. The maximum Gasteiger partial charge on any atom is 0.338 e. The van der Waals surface area contributed by atoms with Crippen LogP contribution in [-0.4, -0.2) is 31.8 Å². The first-order valence-electron chi connectivity index (χ1n) is 14.7. The van der Waals surface area contributed by atoms with Gasteiger partial charge < -0.3 is 23.8 Å². The summed E-state index contributed by atoms with van der Waals surface area (Å²) in [7, 11) is 3.26. The summed E-state index contributed by atoms with van der Waals surface area (Å²) in [6.07, 6.45) is 0. The van der Waals surface area contributed by atoms with Crippen molar-refractivity contribution >= 4 is 33.9 Å². The second kappa shape index (κ2) is 11.7. The summed E-state index contributed by atoms with van der Waals surface area (Å²) in [5, 5.41) is 0.966. The molecule has 1 aliphatic heterocycles. The Hall–Kier alpha value is -5.82. The van der Waals surface area contributed by atoms with Crippen molar-refractivity contribution in [3.63, 3.8) is 0 Å². The quantitative estimate of drug-likeness (QED) is 0.170. The Morgan fingerprint density at radius 1 is 0.711 bits per heavy atom. The minimum Gasteiger partial charge on any atom is -0.493 e. The molecule has 0 aliphatic carbocycles. The number of anilines is 3. The van der Waals surface area contributed by atoms with Crippen molar-refractivity contribution in [2.75, 3.05) is 25.7 Å². The van der Waals surface area contributed by atoms with Gasteiger partial charge in [0, 0.05) is 10.9 Å². The highest BCUT2D eigenvalue weighted by Gasteiger charge is 2.27. The molecule has 0 saturated heterocycles. The number of esters is 1. The van der Waals surface area contributed by atoms with E-state index in [2.05, 4.69) is 41.3 Å². The number of carbonyl (C=O) groups is 1. The predicted octanol–water partition coefficient (Wildman–Crippen LogP) is 9.34. The third-order valence-electron chi connectivity index (χ3n) is 7.88. The van der Waals surface area contributed by atoms with Crippen molar-refractivity contribution < 1.29 is 23.7 Å². The van der Waals surface area contributed by atoms with Crippen LogP contribution in [0.5, 0.6) is 23.0 Å². The molecular weight excluding hydrogens is 564 g/mol. The Morgan fingerprint density at radius 2 is 1.36 bits per heavy atom. The van der Waals surface area contributed by atoms with E-state index in [1.54, 1.807) is 33.3 Å². The smallest absolute Gasteiger partial charge is 0.338 e. The molecule has 0 unspecified atom stereocenters. The minimum absolute atomic E-state index is 0.318. The van der Waals surface area contributed by atoms with Gasteiger partial charge in [0.1, 0.15) is 0 Å². The Balaban J connectivity index is 1.49. The highest BCUT2D eigenvalue weighted by atomic mass is 16.5. The normalized spacial score (nSPS) is 11.8. The van der Waals surface area contributed by atoms with E-state index in [-0.39, 0.29) is 5.97 Å². The second-order valence-corrected chi connectivity index (χ2v) is 10.5. The summed E-state index contributed by atoms with van der Waals surface area (Å²) in [5.74, 6) is 2.45. The fraction of sp³-hybridized carbons (Fsp3) is 0.105. The van der Waals surface area contributed by atoms with Gasteiger partial charge in [-0.3, -0.25) is 0 Å². The van der Waals surface area contributed by atoms with Crippen LogP contribution in [0.1, 0.15) is 17.3 Å². The third-order valence-corrected chi connectivity index (χ3v) is 7.88. The maximum absolute atomic E-state index is 12.4. The predicted molar refractivity (Wildman–Crippen MR) is 176 cm³/mol. The van der Waals surface area contributed by atoms with Gasteiger partial charge in [-0.05, 0) is 78.7 Å². The first kappa shape index (κ1) is 28.0. The Bertz CT molecular complexity index is 2010. The standard InChI is InChI=1S/C38H30N2O5/c1-4-44-38(41)25-18-16-24(17-19-25)29-23-28(26-20-21-35(42-2)36(22-26)43-3)27-10-9-13-32(37(27)39-29)40-30-11-5-7-14-33(30)45-34-15-8-6-12-31(34)40/h5-23H,4H2,1-3H3. The van der Waals surface area contributed by atoms with E-state index < -0.39 is 0 Å². The van der Waals surface area contributed by atoms with Gasteiger partial charge in [0.15, 0.2) is 23.0 Å². The van der Waals surface area contributed by atoms with E-state index in [0.717, 1.165) is 61.8 Å². The van der Waals surface area contributed by atoms with Crippen molar-refractivity contribution in [2.24, 2.45) is 0 Å². The van der Waals surface area contributed by atoms with E-state index in [1.165, 1.54) is 0 Å². The molecule has 6 aromatic rings. The molecule has 0 N–H and O–H groups in total. The number of rotatable bonds is 7. The molecule has 0 saturated carbocycles. The van der Waals surface area contributed by atoms with E-state index in [9.17, 15) is 4.79 Å². The van der Waals surface area contributed by atoms with E-state index in [4.69, 9.17) is 23.9 Å². The molecule has 7 heteroatoms. The van der Waals surface area contributed by atoms with Crippen molar-refractivity contribution in [1.29, 1.82) is 0 Å². The molecule has 0 spiro atoms. The molecule has 2 heterocycles. The summed E-state index contributed by atoms with van der Waals surface area (Å²) in [6, 6.07) is 37.6. The lowest BCUT2D eigenvalue weighted by atomic mass is 9.96. The fourth-order valence-corrected chi connectivity index (χ4v) is 5.76. The van der Waals surface area contributed by atoms with Gasteiger partial charge in [-0.15, -0.1) is 0 Å². The number of hydrogen-bond donors (Lipinski definition) is 0. The number of carbonyl (C=O) groups excluding carboxylic acids is 1. The van der Waals surface area contributed by atoms with Crippen LogP contribution in [-0.2, 0) is 4.74 Å². The van der Waals surface area contributed by atoms with E-state index in [0.29, 0.717) is 23.7 Å². The SMILES string of the molecule is CCOC(=O)c1ccc(-c2cc(-c3ccc(OC)c(OC)c3)c3cccc(N4c5ccccc5Oc5ccccc54)c3n2)cc1. The number of ether oxygens (including phenoxy) is 4. The fourth-order valence-electron chi connectivity index (χ4n) is 5.76. The van der Waals surface area contributed by atoms with Crippen LogP contribution in [0, 0.1) is 0 Å². The van der Waals surface area contributed by atoms with Crippen LogP contribution in [0.15, 0.2) is 115 Å². The molecule has 222 valence electrons. The lowest BCUT2D eigenvalue weighted by molar-refractivity contribution is 0.0526. The number of benzene rings is 5. The van der Waals surface area contributed by atoms with Crippen LogP contribution in [0.2, 0.25) is 0 Å². The van der Waals surface area contributed by atoms with Gasteiger partial charge in [-0.2, -0.15) is 0 Å². The van der Waals surface area contributed by atoms with Crippen molar-refractivity contribution in [3.8, 4) is 45.4 Å². The first-order valence-corrected chi connectivity index (χ1v) is 14.7. The molecule has 1 aliphatic rings. The molecule has 7 nitrogen and oxygen atoms in total. The number of aromatic nitrogens is 1. The Labute approximate surface area is 261 Å². The van der Waals surface area contributed by atoms with Gasteiger partial charge >= 0.3 is 5.97 Å². The largest absolute Gasteiger partial charge is 0.493 e. The van der Waals surface area contributed by atoms with Crippen LogP contribution >= 0.6 is 0 Å². The highest BCUT2D eigenvalue weighted by Crippen LogP contribution is 2.52. The topological polar surface area (TPSA) is 70.1 Å². The number of nitrogens with zero attached hydrogens (tertiary/aromatic N) is 2. The molecule has 0 bridgehead atoms. The van der Waals surface area contributed by atoms with Gasteiger partial charge in [0.2, 0.25) is 0 Å². The van der Waals surface area contributed by atoms with Crippen LogP contribution in [0.25, 0.3) is 33.3 Å². The lowest BCUT2D eigenvalue weighted by Crippen LogP contribution is -2.16. The number of para-hydroxylation sites is 5. The summed E-state index contributed by atoms with van der Waals surface area (Å²) < 4.78 is 22.7. The Kier molecular flexibility index (Phi) is 7.27. The zero-order valence-electron chi connectivity index (χ0n) is 25.1. The van der Waals surface area contributed by atoms with Gasteiger partial charge in [0.25, 0.3) is 0 Å². The average molecular weight is 595 g/mol. The van der Waals surface area contributed by atoms with E-state index >= 15 is 0 Å². The summed E-state index contributed by atoms with van der Waals surface area (Å²) >= 11 is 0. The van der Waals surface area contributed by atoms with Gasteiger partial charge in [-0.25, -0.2) is 9.78 Å². The number of pyridine rings is 1. The summed E-state index contributed by atoms with van der Waals surface area (Å²) in [5.41, 5.74) is 7.58. The summed E-state index contributed by atoms with van der Waals surface area (Å²) in [4.78, 5) is 19.9. The lowest BCUT2D eigenvalue weighted by Gasteiger charge is -2.33. The Morgan fingerprint density at radius 3 is 2.02 bits per heavy atom. The molecule has 0 atom stereocenters. The molecule has 0 radical (unpaired) electrons. The van der Waals surface area contributed by atoms with Gasteiger partial charge in [-0.1, -0.05) is 54.6 Å². The van der Waals surface area contributed by atoms with Crippen LogP contribution in [0.3, 0.4) is 0 Å². The highest BCUT2D eigenvalue weighted by molar-refractivity contribution is 6.06. The molecule has 45 heavy (non-hydrogen) atoms.